The molecule has 0 bridgehead atoms. The molecule has 1 rings (SSSR count). The molecule has 1 saturated carbocycles. The van der Waals surface area contributed by atoms with Crippen LogP contribution < -0.4 is 0 Å². The van der Waals surface area contributed by atoms with Crippen molar-refractivity contribution in [3.63, 3.8) is 0 Å². The Bertz CT molecular complexity index is 280. The molecule has 0 spiro atoms. The van der Waals surface area contributed by atoms with E-state index in [-0.39, 0.29) is 18.8 Å². The van der Waals surface area contributed by atoms with Gasteiger partial charge in [-0.1, -0.05) is 27.2 Å². The molecule has 1 fully saturated rings. The predicted molar refractivity (Wildman–Crippen MR) is 47.3 cm³/mol. The maximum absolute atomic E-state index is 10.1. The van der Waals surface area contributed by atoms with Crippen molar-refractivity contribution in [3.05, 3.63) is 0 Å². The molecule has 0 aliphatic heterocycles. The van der Waals surface area contributed by atoms with Crippen molar-refractivity contribution in [1.82, 2.24) is 0 Å². The Labute approximate surface area is 76.8 Å². The summed E-state index contributed by atoms with van der Waals surface area (Å²) in [5, 5.41) is 10.1. The molecular formula is C10H20O. The summed E-state index contributed by atoms with van der Waals surface area (Å²) in [6.07, 6.45) is -4.61. The van der Waals surface area contributed by atoms with Crippen LogP contribution in [0.15, 0.2) is 0 Å². The van der Waals surface area contributed by atoms with Gasteiger partial charge in [0.05, 0.1) is 7.45 Å². The lowest BCUT2D eigenvalue weighted by Crippen LogP contribution is -2.31. The minimum Gasteiger partial charge on any atom is -0.393 e. The molecule has 0 radical (unpaired) electrons. The lowest BCUT2D eigenvalue weighted by molar-refractivity contribution is 0.0266. The minimum absolute atomic E-state index is 0.171. The zero-order chi connectivity index (χ0) is 13.0. The van der Waals surface area contributed by atoms with Crippen molar-refractivity contribution in [1.29, 1.82) is 0 Å². The van der Waals surface area contributed by atoms with Gasteiger partial charge in [-0.2, -0.15) is 0 Å². The lowest BCUT2D eigenvalue weighted by Gasteiger charge is -2.33. The summed E-state index contributed by atoms with van der Waals surface area (Å²) in [5.41, 5.74) is 0. The van der Waals surface area contributed by atoms with Gasteiger partial charge in [0.2, 0.25) is 0 Å². The molecule has 0 saturated heterocycles. The highest BCUT2D eigenvalue weighted by Gasteiger charge is 2.28. The van der Waals surface area contributed by atoms with Gasteiger partial charge in [0.1, 0.15) is 0 Å². The Morgan fingerprint density at radius 3 is 2.73 bits per heavy atom. The number of rotatable bonds is 1. The molecule has 0 aromatic carbocycles. The van der Waals surface area contributed by atoms with Gasteiger partial charge < -0.3 is 5.11 Å². The molecule has 1 heteroatoms. The second-order valence-corrected chi connectivity index (χ2v) is 3.43. The Morgan fingerprint density at radius 1 is 1.55 bits per heavy atom. The number of hydrogen-bond donors (Lipinski definition) is 1. The molecule has 3 unspecified atom stereocenters. The van der Waals surface area contributed by atoms with Gasteiger partial charge >= 0.3 is 0 Å². The molecule has 0 heterocycles. The SMILES string of the molecule is [2H]C1(C)CCC([2H])(C(C)C)C([2H])(O)C1([2H])[2H]. The minimum atomic E-state index is -2.55. The van der Waals surface area contributed by atoms with E-state index in [0.29, 0.717) is 0 Å². The van der Waals surface area contributed by atoms with Gasteiger partial charge in [-0.15, -0.1) is 0 Å². The van der Waals surface area contributed by atoms with Crippen LogP contribution in [0.5, 0.6) is 0 Å². The van der Waals surface area contributed by atoms with Crippen LogP contribution >= 0.6 is 0 Å². The van der Waals surface area contributed by atoms with E-state index in [1.165, 1.54) is 6.92 Å². The van der Waals surface area contributed by atoms with E-state index in [2.05, 4.69) is 0 Å². The van der Waals surface area contributed by atoms with Crippen LogP contribution in [0.4, 0.5) is 0 Å². The van der Waals surface area contributed by atoms with Gasteiger partial charge in [-0.25, -0.2) is 0 Å². The van der Waals surface area contributed by atoms with Gasteiger partial charge in [0.25, 0.3) is 0 Å². The summed E-state index contributed by atoms with van der Waals surface area (Å²) in [7, 11) is 0. The van der Waals surface area contributed by atoms with E-state index in [1.54, 1.807) is 13.8 Å². The molecule has 1 aliphatic carbocycles. The quantitative estimate of drug-likeness (QED) is 0.626. The Morgan fingerprint density at radius 2 is 2.18 bits per heavy atom. The standard InChI is InChI=1S/C10H20O/c1-7(2)9-5-4-8(3)6-10(9)11/h7-11H,4-6H2,1-3H3/i6D2,8D,9D,10D. The van der Waals surface area contributed by atoms with Crippen molar-refractivity contribution in [2.45, 2.75) is 46.1 Å². The first-order valence-corrected chi connectivity index (χ1v) is 4.12. The summed E-state index contributed by atoms with van der Waals surface area (Å²) in [5.74, 6) is -3.42. The van der Waals surface area contributed by atoms with Gasteiger partial charge in [-0.05, 0) is 30.5 Å². The first-order valence-electron chi connectivity index (χ1n) is 6.62. The summed E-state index contributed by atoms with van der Waals surface area (Å²) in [6.45, 7) is 4.79. The molecule has 1 nitrogen and oxygen atoms in total. The normalized spacial score (nSPS) is 70.8. The van der Waals surface area contributed by atoms with E-state index in [9.17, 15) is 5.11 Å². The Hall–Kier alpha value is -0.0400. The third-order valence-corrected chi connectivity index (χ3v) is 2.10. The van der Waals surface area contributed by atoms with E-state index < -0.39 is 24.2 Å². The van der Waals surface area contributed by atoms with Crippen molar-refractivity contribution >= 4 is 0 Å². The van der Waals surface area contributed by atoms with Crippen molar-refractivity contribution in [2.75, 3.05) is 0 Å². The van der Waals surface area contributed by atoms with E-state index >= 15 is 0 Å². The van der Waals surface area contributed by atoms with Crippen LogP contribution in [0.2, 0.25) is 0 Å². The fourth-order valence-electron chi connectivity index (χ4n) is 1.35. The second kappa shape index (κ2) is 3.57. The zero-order valence-corrected chi connectivity index (χ0v) is 7.44. The molecule has 0 amide bonds. The van der Waals surface area contributed by atoms with Gasteiger partial charge in [0, 0.05) is 5.48 Å². The highest BCUT2D eigenvalue weighted by Crippen LogP contribution is 2.33. The third kappa shape index (κ3) is 2.19. The average molecular weight is 161 g/mol. The van der Waals surface area contributed by atoms with Crippen molar-refractivity contribution in [2.24, 2.45) is 17.7 Å². The van der Waals surface area contributed by atoms with Crippen LogP contribution in [0.3, 0.4) is 0 Å². The van der Waals surface area contributed by atoms with E-state index in [0.717, 1.165) is 0 Å². The highest BCUT2D eigenvalue weighted by molar-refractivity contribution is 4.79. The van der Waals surface area contributed by atoms with Crippen LogP contribution in [-0.4, -0.2) is 11.2 Å². The lowest BCUT2D eigenvalue weighted by atomic mass is 9.75. The first kappa shape index (κ1) is 4.27. The fraction of sp³-hybridized carbons (Fsp3) is 1.00. The molecule has 0 aromatic heterocycles. The zero-order valence-electron chi connectivity index (χ0n) is 12.4. The topological polar surface area (TPSA) is 20.2 Å². The van der Waals surface area contributed by atoms with Crippen LogP contribution in [0.25, 0.3) is 0 Å². The smallest absolute Gasteiger partial charge is 0.0604 e. The molecular weight excluding hydrogens is 136 g/mol. The summed E-state index contributed by atoms with van der Waals surface area (Å²) in [6, 6.07) is 0. The molecule has 66 valence electrons. The summed E-state index contributed by atoms with van der Waals surface area (Å²) in [4.78, 5) is 0. The van der Waals surface area contributed by atoms with Crippen LogP contribution in [0, 0.1) is 17.7 Å². The second-order valence-electron chi connectivity index (χ2n) is 3.43. The van der Waals surface area contributed by atoms with Gasteiger partial charge in [-0.3, -0.25) is 0 Å². The van der Waals surface area contributed by atoms with Crippen LogP contribution in [-0.2, 0) is 0 Å². The van der Waals surface area contributed by atoms with Gasteiger partial charge in [0.15, 0.2) is 0 Å². The van der Waals surface area contributed by atoms with E-state index in [1.807, 2.05) is 0 Å². The summed E-state index contributed by atoms with van der Waals surface area (Å²) >= 11 is 0. The highest BCUT2D eigenvalue weighted by atomic mass is 16.3. The maximum Gasteiger partial charge on any atom is 0.0604 e. The molecule has 0 aromatic rings. The maximum atomic E-state index is 10.1. The predicted octanol–water partition coefficient (Wildman–Crippen LogP) is 2.44. The Balaban J connectivity index is 3.27. The average Bonchev–Trinajstić information content (AvgIpc) is 2.11. The monoisotopic (exact) mass is 161 g/mol. The molecule has 11 heavy (non-hydrogen) atoms. The fourth-order valence-corrected chi connectivity index (χ4v) is 1.35. The first-order chi connectivity index (χ1) is 6.90. The van der Waals surface area contributed by atoms with Crippen molar-refractivity contribution in [3.8, 4) is 0 Å². The largest absolute Gasteiger partial charge is 0.393 e. The molecule has 1 aliphatic rings. The Kier molecular flexibility index (Phi) is 1.39. The summed E-state index contributed by atoms with van der Waals surface area (Å²) < 4.78 is 39.5. The molecule has 3 atom stereocenters. The number of hydrogen-bond acceptors (Lipinski definition) is 1. The van der Waals surface area contributed by atoms with E-state index in [4.69, 9.17) is 6.85 Å². The third-order valence-electron chi connectivity index (χ3n) is 2.10. The van der Waals surface area contributed by atoms with Crippen LogP contribution in [0.1, 0.15) is 46.8 Å². The number of aliphatic hydroxyl groups is 1. The molecule has 1 N–H and O–H groups in total. The van der Waals surface area contributed by atoms with Crippen molar-refractivity contribution < 1.29 is 12.0 Å².